The Morgan fingerprint density at radius 1 is 1.57 bits per heavy atom. The van der Waals surface area contributed by atoms with Crippen molar-refractivity contribution < 1.29 is 5.11 Å². The van der Waals surface area contributed by atoms with Crippen molar-refractivity contribution in [1.29, 1.82) is 0 Å². The molecule has 0 unspecified atom stereocenters. The van der Waals surface area contributed by atoms with Gasteiger partial charge in [0.1, 0.15) is 0 Å². The van der Waals surface area contributed by atoms with Crippen LogP contribution in [0.3, 0.4) is 0 Å². The lowest BCUT2D eigenvalue weighted by Crippen LogP contribution is -2.20. The average molecular weight is 192 g/mol. The highest BCUT2D eigenvalue weighted by atomic mass is 16.3. The summed E-state index contributed by atoms with van der Waals surface area (Å²) in [6.45, 7) is 4.29. The summed E-state index contributed by atoms with van der Waals surface area (Å²) < 4.78 is 0. The molecule has 1 aliphatic heterocycles. The molecule has 1 N–H and O–H groups in total. The SMILES string of the molecule is Cc1ccc(N2CC[C@H](CO)C2)cn1. The van der Waals surface area contributed by atoms with Crippen molar-refractivity contribution in [2.45, 2.75) is 13.3 Å². The molecule has 1 fully saturated rings. The quantitative estimate of drug-likeness (QED) is 0.765. The van der Waals surface area contributed by atoms with Crippen LogP contribution in [0.5, 0.6) is 0 Å². The van der Waals surface area contributed by atoms with Gasteiger partial charge in [-0.05, 0) is 25.5 Å². The van der Waals surface area contributed by atoms with E-state index in [0.29, 0.717) is 12.5 Å². The molecule has 0 saturated carbocycles. The summed E-state index contributed by atoms with van der Waals surface area (Å²) in [6, 6.07) is 4.13. The maximum atomic E-state index is 9.03. The summed E-state index contributed by atoms with van der Waals surface area (Å²) in [4.78, 5) is 6.56. The first-order valence-electron chi connectivity index (χ1n) is 5.08. The predicted molar refractivity (Wildman–Crippen MR) is 56.4 cm³/mol. The second-order valence-corrected chi connectivity index (χ2v) is 3.94. The molecule has 0 radical (unpaired) electrons. The van der Waals surface area contributed by atoms with Crippen LogP contribution < -0.4 is 4.90 Å². The van der Waals surface area contributed by atoms with Gasteiger partial charge >= 0.3 is 0 Å². The number of rotatable bonds is 2. The molecule has 1 aromatic rings. The minimum absolute atomic E-state index is 0.301. The first-order valence-corrected chi connectivity index (χ1v) is 5.08. The van der Waals surface area contributed by atoms with Crippen LogP contribution in [0.1, 0.15) is 12.1 Å². The number of hydrogen-bond acceptors (Lipinski definition) is 3. The zero-order valence-electron chi connectivity index (χ0n) is 8.48. The Hall–Kier alpha value is -1.09. The van der Waals surface area contributed by atoms with Crippen molar-refractivity contribution in [2.24, 2.45) is 5.92 Å². The minimum atomic E-state index is 0.301. The third-order valence-corrected chi connectivity index (χ3v) is 2.80. The second-order valence-electron chi connectivity index (χ2n) is 3.94. The number of aryl methyl sites for hydroxylation is 1. The Bertz CT molecular complexity index is 297. The first-order chi connectivity index (χ1) is 6.79. The molecule has 1 aliphatic rings. The van der Waals surface area contributed by atoms with E-state index in [1.807, 2.05) is 19.2 Å². The van der Waals surface area contributed by atoms with E-state index in [1.54, 1.807) is 0 Å². The lowest BCUT2D eigenvalue weighted by atomic mass is 10.1. The zero-order valence-corrected chi connectivity index (χ0v) is 8.48. The van der Waals surface area contributed by atoms with E-state index in [4.69, 9.17) is 5.11 Å². The number of pyridine rings is 1. The van der Waals surface area contributed by atoms with Gasteiger partial charge in [-0.3, -0.25) is 4.98 Å². The van der Waals surface area contributed by atoms with Crippen LogP contribution in [0, 0.1) is 12.8 Å². The number of anilines is 1. The van der Waals surface area contributed by atoms with E-state index in [2.05, 4.69) is 16.0 Å². The number of nitrogens with zero attached hydrogens (tertiary/aromatic N) is 2. The highest BCUT2D eigenvalue weighted by molar-refractivity contribution is 5.45. The maximum Gasteiger partial charge on any atom is 0.0553 e. The topological polar surface area (TPSA) is 36.4 Å². The Morgan fingerprint density at radius 2 is 2.43 bits per heavy atom. The van der Waals surface area contributed by atoms with Crippen molar-refractivity contribution in [3.05, 3.63) is 24.0 Å². The van der Waals surface area contributed by atoms with E-state index >= 15 is 0 Å². The van der Waals surface area contributed by atoms with Crippen LogP contribution in [0.15, 0.2) is 18.3 Å². The van der Waals surface area contributed by atoms with Crippen LogP contribution in [-0.2, 0) is 0 Å². The number of aromatic nitrogens is 1. The maximum absolute atomic E-state index is 9.03. The Kier molecular flexibility index (Phi) is 2.68. The van der Waals surface area contributed by atoms with Gasteiger partial charge in [0.2, 0.25) is 0 Å². The standard InChI is InChI=1S/C11H16N2O/c1-9-2-3-11(6-12-9)13-5-4-10(7-13)8-14/h2-3,6,10,14H,4-5,7-8H2,1H3/t10-/m0/s1. The molecule has 0 aromatic carbocycles. The molecule has 0 amide bonds. The van der Waals surface area contributed by atoms with Gasteiger partial charge in [-0.1, -0.05) is 0 Å². The van der Waals surface area contributed by atoms with E-state index < -0.39 is 0 Å². The van der Waals surface area contributed by atoms with Gasteiger partial charge in [0.15, 0.2) is 0 Å². The third-order valence-electron chi connectivity index (χ3n) is 2.80. The van der Waals surface area contributed by atoms with Crippen molar-refractivity contribution in [2.75, 3.05) is 24.6 Å². The lowest BCUT2D eigenvalue weighted by molar-refractivity contribution is 0.238. The number of aliphatic hydroxyl groups excluding tert-OH is 1. The van der Waals surface area contributed by atoms with E-state index in [9.17, 15) is 0 Å². The highest BCUT2D eigenvalue weighted by Gasteiger charge is 2.21. The van der Waals surface area contributed by atoms with E-state index in [1.165, 1.54) is 5.69 Å². The normalized spacial score (nSPS) is 21.6. The largest absolute Gasteiger partial charge is 0.396 e. The van der Waals surface area contributed by atoms with Gasteiger partial charge < -0.3 is 10.0 Å². The molecular weight excluding hydrogens is 176 g/mol. The summed E-state index contributed by atoms with van der Waals surface area (Å²) in [7, 11) is 0. The highest BCUT2D eigenvalue weighted by Crippen LogP contribution is 2.22. The van der Waals surface area contributed by atoms with Crippen molar-refractivity contribution in [3.8, 4) is 0 Å². The van der Waals surface area contributed by atoms with Crippen LogP contribution >= 0.6 is 0 Å². The van der Waals surface area contributed by atoms with Crippen LogP contribution in [0.25, 0.3) is 0 Å². The smallest absolute Gasteiger partial charge is 0.0553 e. The second kappa shape index (κ2) is 3.96. The predicted octanol–water partition coefficient (Wildman–Crippen LogP) is 1.21. The van der Waals surface area contributed by atoms with Crippen LogP contribution in [0.4, 0.5) is 5.69 Å². The van der Waals surface area contributed by atoms with Gasteiger partial charge in [0.25, 0.3) is 0 Å². The van der Waals surface area contributed by atoms with Gasteiger partial charge in [-0.15, -0.1) is 0 Å². The molecule has 0 bridgehead atoms. The summed E-state index contributed by atoms with van der Waals surface area (Å²) in [5.41, 5.74) is 2.22. The first kappa shape index (κ1) is 9.46. The fourth-order valence-corrected chi connectivity index (χ4v) is 1.86. The minimum Gasteiger partial charge on any atom is -0.396 e. The average Bonchev–Trinajstić information content (AvgIpc) is 2.67. The van der Waals surface area contributed by atoms with Gasteiger partial charge in [0, 0.05) is 31.3 Å². The molecular formula is C11H16N2O. The number of aliphatic hydroxyl groups is 1. The molecule has 3 heteroatoms. The third kappa shape index (κ3) is 1.87. The monoisotopic (exact) mass is 192 g/mol. The zero-order chi connectivity index (χ0) is 9.97. The molecule has 3 nitrogen and oxygen atoms in total. The molecule has 0 aliphatic carbocycles. The van der Waals surface area contributed by atoms with Gasteiger partial charge in [-0.25, -0.2) is 0 Å². The lowest BCUT2D eigenvalue weighted by Gasteiger charge is -2.17. The van der Waals surface area contributed by atoms with E-state index in [0.717, 1.165) is 25.2 Å². The summed E-state index contributed by atoms with van der Waals surface area (Å²) in [6.07, 6.45) is 3.00. The molecule has 76 valence electrons. The fourth-order valence-electron chi connectivity index (χ4n) is 1.86. The molecule has 1 aromatic heterocycles. The molecule has 1 atom stereocenters. The Morgan fingerprint density at radius 3 is 3.00 bits per heavy atom. The van der Waals surface area contributed by atoms with Crippen LogP contribution in [0.2, 0.25) is 0 Å². The van der Waals surface area contributed by atoms with Crippen molar-refractivity contribution in [3.63, 3.8) is 0 Å². The summed E-state index contributed by atoms with van der Waals surface area (Å²) in [5, 5.41) is 9.03. The fraction of sp³-hybridized carbons (Fsp3) is 0.545. The van der Waals surface area contributed by atoms with Crippen molar-refractivity contribution in [1.82, 2.24) is 4.98 Å². The Labute approximate surface area is 84.4 Å². The molecule has 0 spiro atoms. The van der Waals surface area contributed by atoms with Crippen LogP contribution in [-0.4, -0.2) is 29.8 Å². The van der Waals surface area contributed by atoms with Crippen molar-refractivity contribution >= 4 is 5.69 Å². The summed E-state index contributed by atoms with van der Waals surface area (Å²) in [5.74, 6) is 0.441. The molecule has 2 rings (SSSR count). The Balaban J connectivity index is 2.06. The summed E-state index contributed by atoms with van der Waals surface area (Å²) >= 11 is 0. The molecule has 2 heterocycles. The van der Waals surface area contributed by atoms with Gasteiger partial charge in [0.05, 0.1) is 11.9 Å². The number of hydrogen-bond donors (Lipinski definition) is 1. The molecule has 1 saturated heterocycles. The molecule has 14 heavy (non-hydrogen) atoms. The van der Waals surface area contributed by atoms with E-state index in [-0.39, 0.29) is 0 Å². The van der Waals surface area contributed by atoms with Gasteiger partial charge in [-0.2, -0.15) is 0 Å².